The second kappa shape index (κ2) is 5.23. The van der Waals surface area contributed by atoms with E-state index in [0.717, 1.165) is 38.4 Å². The van der Waals surface area contributed by atoms with Crippen LogP contribution in [0, 0.1) is 11.3 Å². The van der Waals surface area contributed by atoms with Crippen LogP contribution in [0.1, 0.15) is 30.4 Å². The average Bonchev–Trinajstić information content (AvgIpc) is 2.77. The summed E-state index contributed by atoms with van der Waals surface area (Å²) in [4.78, 5) is 1.99. The van der Waals surface area contributed by atoms with Crippen LogP contribution < -0.4 is 10.2 Å². The highest BCUT2D eigenvalue weighted by Crippen LogP contribution is 2.35. The van der Waals surface area contributed by atoms with Crippen molar-refractivity contribution < 1.29 is 13.2 Å². The van der Waals surface area contributed by atoms with Gasteiger partial charge in [0.1, 0.15) is 0 Å². The minimum atomic E-state index is -4.50. The zero-order chi connectivity index (χ0) is 15.0. The molecule has 2 fully saturated rings. The van der Waals surface area contributed by atoms with Crippen molar-refractivity contribution in [2.75, 3.05) is 18.0 Å². The SMILES string of the molecule is N#Cc1ccc(N2CCC3CCC(C2)N3)cc1C(F)(F)F. The van der Waals surface area contributed by atoms with Crippen LogP contribution in [0.5, 0.6) is 0 Å². The van der Waals surface area contributed by atoms with Crippen LogP contribution in [-0.4, -0.2) is 25.2 Å². The molecule has 2 bridgehead atoms. The molecule has 2 atom stereocenters. The Labute approximate surface area is 121 Å². The third-order valence-corrected chi connectivity index (χ3v) is 4.32. The number of fused-ring (bicyclic) bond motifs is 2. The van der Waals surface area contributed by atoms with Crippen molar-refractivity contribution in [3.8, 4) is 6.07 Å². The van der Waals surface area contributed by atoms with Gasteiger partial charge in [-0.05, 0) is 37.5 Å². The number of nitrogens with one attached hydrogen (secondary N) is 1. The molecule has 0 amide bonds. The number of hydrogen-bond donors (Lipinski definition) is 1. The second-order valence-corrected chi connectivity index (χ2v) is 5.71. The van der Waals surface area contributed by atoms with Crippen molar-refractivity contribution in [3.63, 3.8) is 0 Å². The molecule has 3 nitrogen and oxygen atoms in total. The van der Waals surface area contributed by atoms with Crippen LogP contribution >= 0.6 is 0 Å². The number of rotatable bonds is 1. The Bertz CT molecular complexity index is 577. The monoisotopic (exact) mass is 295 g/mol. The predicted molar refractivity (Wildman–Crippen MR) is 72.9 cm³/mol. The van der Waals surface area contributed by atoms with E-state index in [0.29, 0.717) is 17.8 Å². The smallest absolute Gasteiger partial charge is 0.370 e. The van der Waals surface area contributed by atoms with Gasteiger partial charge in [0.15, 0.2) is 0 Å². The van der Waals surface area contributed by atoms with Gasteiger partial charge in [-0.3, -0.25) is 0 Å². The first-order valence-corrected chi connectivity index (χ1v) is 7.09. The fourth-order valence-corrected chi connectivity index (χ4v) is 3.24. The topological polar surface area (TPSA) is 39.1 Å². The van der Waals surface area contributed by atoms with Gasteiger partial charge < -0.3 is 10.2 Å². The number of nitriles is 1. The molecule has 2 heterocycles. The van der Waals surface area contributed by atoms with E-state index in [4.69, 9.17) is 5.26 Å². The number of anilines is 1. The molecule has 3 rings (SSSR count). The van der Waals surface area contributed by atoms with E-state index in [1.54, 1.807) is 12.1 Å². The molecule has 1 aromatic carbocycles. The molecule has 2 aliphatic heterocycles. The van der Waals surface area contributed by atoms with E-state index in [-0.39, 0.29) is 5.56 Å². The lowest BCUT2D eigenvalue weighted by Crippen LogP contribution is -2.35. The third-order valence-electron chi connectivity index (χ3n) is 4.32. The van der Waals surface area contributed by atoms with Crippen molar-refractivity contribution >= 4 is 5.69 Å². The first kappa shape index (κ1) is 14.2. The van der Waals surface area contributed by atoms with Crippen molar-refractivity contribution in [2.45, 2.75) is 37.5 Å². The molecular weight excluding hydrogens is 279 g/mol. The molecule has 2 saturated heterocycles. The number of hydrogen-bond acceptors (Lipinski definition) is 3. The Balaban J connectivity index is 1.90. The molecule has 1 aromatic rings. The van der Waals surface area contributed by atoms with Crippen molar-refractivity contribution in [3.05, 3.63) is 29.3 Å². The number of benzene rings is 1. The molecule has 2 unspecified atom stereocenters. The van der Waals surface area contributed by atoms with Crippen molar-refractivity contribution in [2.24, 2.45) is 0 Å². The van der Waals surface area contributed by atoms with Crippen LogP contribution in [0.3, 0.4) is 0 Å². The maximum atomic E-state index is 13.0. The van der Waals surface area contributed by atoms with Crippen LogP contribution in [0.2, 0.25) is 0 Å². The van der Waals surface area contributed by atoms with Crippen LogP contribution in [-0.2, 0) is 6.18 Å². The largest absolute Gasteiger partial charge is 0.417 e. The Morgan fingerprint density at radius 3 is 2.67 bits per heavy atom. The lowest BCUT2D eigenvalue weighted by molar-refractivity contribution is -0.137. The Kier molecular flexibility index (Phi) is 3.54. The fraction of sp³-hybridized carbons (Fsp3) is 0.533. The van der Waals surface area contributed by atoms with Gasteiger partial charge >= 0.3 is 6.18 Å². The molecule has 1 N–H and O–H groups in total. The van der Waals surface area contributed by atoms with E-state index in [1.165, 1.54) is 6.07 Å². The van der Waals surface area contributed by atoms with E-state index >= 15 is 0 Å². The Morgan fingerprint density at radius 1 is 1.19 bits per heavy atom. The molecule has 0 spiro atoms. The maximum Gasteiger partial charge on any atom is 0.417 e. The molecule has 0 aliphatic carbocycles. The first-order chi connectivity index (χ1) is 9.97. The number of nitrogens with zero attached hydrogens (tertiary/aromatic N) is 2. The molecular formula is C15H16F3N3. The molecule has 21 heavy (non-hydrogen) atoms. The summed E-state index contributed by atoms with van der Waals surface area (Å²) in [5.41, 5.74) is -0.610. The summed E-state index contributed by atoms with van der Waals surface area (Å²) in [7, 11) is 0. The van der Waals surface area contributed by atoms with Crippen molar-refractivity contribution in [1.82, 2.24) is 5.32 Å². The summed E-state index contributed by atoms with van der Waals surface area (Å²) < 4.78 is 39.1. The lowest BCUT2D eigenvalue weighted by Gasteiger charge is -2.27. The minimum absolute atomic E-state index is 0.319. The summed E-state index contributed by atoms with van der Waals surface area (Å²) in [5.74, 6) is 0. The van der Waals surface area contributed by atoms with Gasteiger partial charge in [0, 0.05) is 30.9 Å². The Morgan fingerprint density at radius 2 is 1.95 bits per heavy atom. The van der Waals surface area contributed by atoms with Crippen LogP contribution in [0.15, 0.2) is 18.2 Å². The van der Waals surface area contributed by atoms with E-state index in [2.05, 4.69) is 5.32 Å². The molecule has 112 valence electrons. The van der Waals surface area contributed by atoms with Gasteiger partial charge in [-0.1, -0.05) is 0 Å². The third kappa shape index (κ3) is 2.84. The zero-order valence-electron chi connectivity index (χ0n) is 11.5. The van der Waals surface area contributed by atoms with E-state index in [1.807, 2.05) is 4.90 Å². The second-order valence-electron chi connectivity index (χ2n) is 5.71. The molecule has 0 aromatic heterocycles. The van der Waals surface area contributed by atoms with Gasteiger partial charge in [0.25, 0.3) is 0 Å². The summed E-state index contributed by atoms with van der Waals surface area (Å²) in [5, 5.41) is 12.3. The lowest BCUT2D eigenvalue weighted by atomic mass is 10.0. The normalized spacial score (nSPS) is 25.5. The van der Waals surface area contributed by atoms with Crippen LogP contribution in [0.25, 0.3) is 0 Å². The summed E-state index contributed by atoms with van der Waals surface area (Å²) >= 11 is 0. The first-order valence-electron chi connectivity index (χ1n) is 7.09. The quantitative estimate of drug-likeness (QED) is 0.866. The van der Waals surface area contributed by atoms with E-state index < -0.39 is 11.7 Å². The van der Waals surface area contributed by atoms with Crippen LogP contribution in [0.4, 0.5) is 18.9 Å². The highest BCUT2D eigenvalue weighted by Gasteiger charge is 2.35. The fourth-order valence-electron chi connectivity index (χ4n) is 3.24. The highest BCUT2D eigenvalue weighted by atomic mass is 19.4. The van der Waals surface area contributed by atoms with Gasteiger partial charge in [-0.25, -0.2) is 0 Å². The summed E-state index contributed by atoms with van der Waals surface area (Å²) in [6.07, 6.45) is -1.33. The van der Waals surface area contributed by atoms with Gasteiger partial charge in [-0.2, -0.15) is 18.4 Å². The zero-order valence-corrected chi connectivity index (χ0v) is 11.5. The number of halogens is 3. The maximum absolute atomic E-state index is 13.0. The minimum Gasteiger partial charge on any atom is -0.370 e. The van der Waals surface area contributed by atoms with Gasteiger partial charge in [0.05, 0.1) is 17.2 Å². The molecule has 0 radical (unpaired) electrons. The van der Waals surface area contributed by atoms with Crippen molar-refractivity contribution in [1.29, 1.82) is 5.26 Å². The predicted octanol–water partition coefficient (Wildman–Crippen LogP) is 2.91. The Hall–Kier alpha value is -1.74. The highest BCUT2D eigenvalue weighted by molar-refractivity contribution is 5.55. The summed E-state index contributed by atoms with van der Waals surface area (Å²) in [6, 6.07) is 6.46. The average molecular weight is 295 g/mol. The molecule has 2 aliphatic rings. The molecule has 0 saturated carbocycles. The standard InChI is InChI=1S/C15H16F3N3/c16-15(17,18)14-7-13(4-1-10(14)8-19)21-6-5-11-2-3-12(9-21)20-11/h1,4,7,11-12,20H,2-3,5-6,9H2. The molecule has 6 heteroatoms. The van der Waals surface area contributed by atoms with Gasteiger partial charge in [0.2, 0.25) is 0 Å². The number of alkyl halides is 3. The summed E-state index contributed by atoms with van der Waals surface area (Å²) in [6.45, 7) is 1.47. The van der Waals surface area contributed by atoms with E-state index in [9.17, 15) is 13.2 Å². The van der Waals surface area contributed by atoms with Gasteiger partial charge in [-0.15, -0.1) is 0 Å².